The molecule has 1 saturated heterocycles. The van der Waals surface area contributed by atoms with Crippen LogP contribution in [0.3, 0.4) is 0 Å². The van der Waals surface area contributed by atoms with Gasteiger partial charge in [-0.3, -0.25) is 14.4 Å². The van der Waals surface area contributed by atoms with Gasteiger partial charge in [0, 0.05) is 6.54 Å². The zero-order chi connectivity index (χ0) is 14.3. The monoisotopic (exact) mass is 288 g/mol. The average Bonchev–Trinajstić information content (AvgIpc) is 2.75. The number of ether oxygens (including phenoxy) is 1. The van der Waals surface area contributed by atoms with Gasteiger partial charge >= 0.3 is 5.97 Å². The van der Waals surface area contributed by atoms with Gasteiger partial charge in [-0.05, 0) is 13.3 Å². The molecule has 108 valence electrons. The summed E-state index contributed by atoms with van der Waals surface area (Å²) >= 11 is 1.49. The predicted octanol–water partition coefficient (Wildman–Crippen LogP) is 0.321. The molecule has 0 aliphatic carbocycles. The minimum absolute atomic E-state index is 0.0223. The van der Waals surface area contributed by atoms with Crippen LogP contribution in [0.15, 0.2) is 0 Å². The van der Waals surface area contributed by atoms with Crippen LogP contribution >= 0.6 is 11.8 Å². The van der Waals surface area contributed by atoms with Crippen molar-refractivity contribution in [1.82, 2.24) is 9.80 Å². The van der Waals surface area contributed by atoms with Gasteiger partial charge in [0.25, 0.3) is 0 Å². The van der Waals surface area contributed by atoms with Gasteiger partial charge in [0.05, 0.1) is 18.2 Å². The summed E-state index contributed by atoms with van der Waals surface area (Å²) in [6.07, 6.45) is 0.758. The summed E-state index contributed by atoms with van der Waals surface area (Å²) in [5.74, 6) is 0.339. The maximum atomic E-state index is 12.1. The van der Waals surface area contributed by atoms with E-state index in [0.29, 0.717) is 24.8 Å². The summed E-state index contributed by atoms with van der Waals surface area (Å²) in [4.78, 5) is 37.9. The Morgan fingerprint density at radius 1 is 1.42 bits per heavy atom. The van der Waals surface area contributed by atoms with Crippen molar-refractivity contribution in [3.05, 3.63) is 0 Å². The van der Waals surface area contributed by atoms with Crippen LogP contribution in [-0.4, -0.2) is 65.5 Å². The van der Waals surface area contributed by atoms with Crippen molar-refractivity contribution >= 4 is 29.5 Å². The fourth-order valence-electron chi connectivity index (χ4n) is 1.73. The lowest BCUT2D eigenvalue weighted by molar-refractivity contribution is -0.149. The second kappa shape index (κ2) is 8.04. The number of thioether (sulfide) groups is 1. The molecule has 1 fully saturated rings. The molecule has 0 aromatic carbocycles. The van der Waals surface area contributed by atoms with Crippen LogP contribution in [0.4, 0.5) is 0 Å². The minimum Gasteiger partial charge on any atom is -0.465 e. The van der Waals surface area contributed by atoms with E-state index in [9.17, 15) is 14.4 Å². The molecule has 1 aliphatic rings. The lowest BCUT2D eigenvalue weighted by atomic mass is 10.3. The van der Waals surface area contributed by atoms with Crippen molar-refractivity contribution in [1.29, 1.82) is 0 Å². The molecule has 0 atom stereocenters. The fraction of sp³-hybridized carbons (Fsp3) is 0.750. The van der Waals surface area contributed by atoms with Crippen LogP contribution in [0.1, 0.15) is 20.3 Å². The summed E-state index contributed by atoms with van der Waals surface area (Å²) in [6, 6.07) is 0. The molecule has 1 heterocycles. The highest BCUT2D eigenvalue weighted by atomic mass is 32.2. The van der Waals surface area contributed by atoms with Crippen LogP contribution in [0, 0.1) is 0 Å². The standard InChI is InChI=1S/C12H20N2O4S/c1-3-5-13(7-12(17)18-4-2)10(15)6-14-9-19-8-11(14)16/h3-9H2,1-2H3. The van der Waals surface area contributed by atoms with E-state index in [0.717, 1.165) is 6.42 Å². The third-order valence-electron chi connectivity index (χ3n) is 2.62. The highest BCUT2D eigenvalue weighted by Gasteiger charge is 2.26. The zero-order valence-corrected chi connectivity index (χ0v) is 12.2. The first kappa shape index (κ1) is 15.8. The largest absolute Gasteiger partial charge is 0.465 e. The van der Waals surface area contributed by atoms with E-state index in [1.165, 1.54) is 21.6 Å². The van der Waals surface area contributed by atoms with Crippen LogP contribution in [0.2, 0.25) is 0 Å². The number of carbonyl (C=O) groups is 3. The molecule has 0 spiro atoms. The quantitative estimate of drug-likeness (QED) is 0.631. The summed E-state index contributed by atoms with van der Waals surface area (Å²) in [5.41, 5.74) is 0. The summed E-state index contributed by atoms with van der Waals surface area (Å²) in [5, 5.41) is 0. The second-order valence-electron chi connectivity index (χ2n) is 4.19. The normalized spacial score (nSPS) is 14.6. The predicted molar refractivity (Wildman–Crippen MR) is 72.5 cm³/mol. The van der Waals surface area contributed by atoms with Gasteiger partial charge < -0.3 is 14.5 Å². The van der Waals surface area contributed by atoms with Crippen molar-refractivity contribution in [2.45, 2.75) is 20.3 Å². The van der Waals surface area contributed by atoms with Gasteiger partial charge in [0.1, 0.15) is 13.1 Å². The number of esters is 1. The number of hydrogen-bond acceptors (Lipinski definition) is 5. The smallest absolute Gasteiger partial charge is 0.325 e. The molecule has 1 aliphatic heterocycles. The highest BCUT2D eigenvalue weighted by Crippen LogP contribution is 2.14. The average molecular weight is 288 g/mol. The van der Waals surface area contributed by atoms with Gasteiger partial charge in [0.2, 0.25) is 11.8 Å². The van der Waals surface area contributed by atoms with Crippen molar-refractivity contribution in [3.63, 3.8) is 0 Å². The Bertz CT molecular complexity index is 349. The summed E-state index contributed by atoms with van der Waals surface area (Å²) < 4.78 is 4.84. The fourth-order valence-corrected chi connectivity index (χ4v) is 2.63. The Morgan fingerprint density at radius 3 is 2.68 bits per heavy atom. The topological polar surface area (TPSA) is 66.9 Å². The van der Waals surface area contributed by atoms with E-state index < -0.39 is 5.97 Å². The highest BCUT2D eigenvalue weighted by molar-refractivity contribution is 8.00. The Labute approximate surface area is 117 Å². The Kier molecular flexibility index (Phi) is 6.69. The Morgan fingerprint density at radius 2 is 2.16 bits per heavy atom. The molecule has 0 bridgehead atoms. The van der Waals surface area contributed by atoms with Gasteiger partial charge in [-0.2, -0.15) is 0 Å². The van der Waals surface area contributed by atoms with Crippen LogP contribution < -0.4 is 0 Å². The Hall–Kier alpha value is -1.24. The Balaban J connectivity index is 2.51. The van der Waals surface area contributed by atoms with Crippen molar-refractivity contribution in [3.8, 4) is 0 Å². The molecule has 1 rings (SSSR count). The first-order valence-corrected chi connectivity index (χ1v) is 7.52. The molecular weight excluding hydrogens is 268 g/mol. The van der Waals surface area contributed by atoms with Crippen LogP contribution in [-0.2, 0) is 19.1 Å². The summed E-state index contributed by atoms with van der Waals surface area (Å²) in [7, 11) is 0. The first-order valence-electron chi connectivity index (χ1n) is 6.37. The van der Waals surface area contributed by atoms with Gasteiger partial charge in [-0.15, -0.1) is 11.8 Å². The van der Waals surface area contributed by atoms with E-state index in [1.807, 2.05) is 6.92 Å². The number of hydrogen-bond donors (Lipinski definition) is 0. The van der Waals surface area contributed by atoms with E-state index >= 15 is 0 Å². The molecule has 2 amide bonds. The van der Waals surface area contributed by atoms with Crippen LogP contribution in [0.25, 0.3) is 0 Å². The van der Waals surface area contributed by atoms with E-state index in [1.54, 1.807) is 6.92 Å². The lowest BCUT2D eigenvalue weighted by Gasteiger charge is -2.23. The molecule has 0 saturated carbocycles. The third kappa shape index (κ3) is 5.10. The third-order valence-corrected chi connectivity index (χ3v) is 3.57. The van der Waals surface area contributed by atoms with Crippen LogP contribution in [0.5, 0.6) is 0 Å². The van der Waals surface area contributed by atoms with E-state index in [-0.39, 0.29) is 24.9 Å². The second-order valence-corrected chi connectivity index (χ2v) is 5.14. The number of rotatable bonds is 7. The molecule has 0 aromatic rings. The van der Waals surface area contributed by atoms with Gasteiger partial charge in [-0.1, -0.05) is 6.92 Å². The molecule has 0 N–H and O–H groups in total. The number of amides is 2. The van der Waals surface area contributed by atoms with E-state index in [4.69, 9.17) is 4.74 Å². The summed E-state index contributed by atoms with van der Waals surface area (Å²) in [6.45, 7) is 4.45. The number of nitrogens with zero attached hydrogens (tertiary/aromatic N) is 2. The molecule has 0 unspecified atom stereocenters. The van der Waals surface area contributed by atoms with Crippen molar-refractivity contribution in [2.24, 2.45) is 0 Å². The zero-order valence-electron chi connectivity index (χ0n) is 11.4. The molecule has 0 aromatic heterocycles. The molecule has 6 nitrogen and oxygen atoms in total. The maximum Gasteiger partial charge on any atom is 0.325 e. The van der Waals surface area contributed by atoms with Gasteiger partial charge in [-0.25, -0.2) is 0 Å². The SMILES string of the molecule is CCCN(CC(=O)OCC)C(=O)CN1CSCC1=O. The number of carbonyl (C=O) groups excluding carboxylic acids is 3. The molecular formula is C12H20N2O4S. The first-order chi connectivity index (χ1) is 9.08. The van der Waals surface area contributed by atoms with Crippen molar-refractivity contribution < 1.29 is 19.1 Å². The minimum atomic E-state index is -0.411. The van der Waals surface area contributed by atoms with Gasteiger partial charge in [0.15, 0.2) is 0 Å². The van der Waals surface area contributed by atoms with E-state index in [2.05, 4.69) is 0 Å². The molecule has 0 radical (unpaired) electrons. The molecule has 7 heteroatoms. The maximum absolute atomic E-state index is 12.1. The lowest BCUT2D eigenvalue weighted by Crippen LogP contribution is -2.43. The molecule has 19 heavy (non-hydrogen) atoms. The van der Waals surface area contributed by atoms with Crippen molar-refractivity contribution in [2.75, 3.05) is 37.9 Å².